The number of nitrogens with zero attached hydrogens (tertiary/aromatic N) is 4. The van der Waals surface area contributed by atoms with Crippen LogP contribution in [0.15, 0.2) is 29.2 Å². The molecule has 1 aromatic heterocycles. The van der Waals surface area contributed by atoms with Crippen LogP contribution in [0.2, 0.25) is 0 Å². The van der Waals surface area contributed by atoms with Crippen LogP contribution in [0.5, 0.6) is 5.75 Å². The van der Waals surface area contributed by atoms with Crippen LogP contribution in [-0.4, -0.2) is 66.2 Å². The number of halogens is 4. The molecule has 2 heterocycles. The molecule has 180 valence electrons. The number of alkyl halides is 2. The van der Waals surface area contributed by atoms with Crippen LogP contribution in [0.4, 0.5) is 18.9 Å². The molecule has 0 N–H and O–H groups in total. The van der Waals surface area contributed by atoms with Gasteiger partial charge in [0, 0.05) is 38.7 Å². The molecule has 33 heavy (non-hydrogen) atoms. The summed E-state index contributed by atoms with van der Waals surface area (Å²) >= 11 is 5.53. The predicted molar refractivity (Wildman–Crippen MR) is 116 cm³/mol. The molecule has 2 atom stereocenters. The Bertz CT molecular complexity index is 1170. The molecule has 0 bridgehead atoms. The minimum absolute atomic E-state index is 0.123. The molecule has 13 heteroatoms. The Labute approximate surface area is 193 Å². The Morgan fingerprint density at radius 2 is 1.76 bits per heavy atom. The average Bonchev–Trinajstić information content (AvgIpc) is 3.19. The van der Waals surface area contributed by atoms with Gasteiger partial charge in [-0.25, -0.2) is 21.6 Å². The van der Waals surface area contributed by atoms with Crippen molar-refractivity contribution in [1.29, 1.82) is 0 Å². The molecule has 2 unspecified atom stereocenters. The van der Waals surface area contributed by atoms with Gasteiger partial charge in [-0.05, 0) is 25.0 Å². The van der Waals surface area contributed by atoms with Gasteiger partial charge in [-0.2, -0.15) is 14.1 Å². The van der Waals surface area contributed by atoms with Crippen molar-refractivity contribution in [3.05, 3.63) is 46.4 Å². The SMILES string of the molecule is O=c1c(OC2CCC(F)C2)c(N2CCN(S(=O)(=O)CCl)CC2)cnn1-c1cc(F)cc(F)c1. The number of hydrogen-bond donors (Lipinski definition) is 0. The Kier molecular flexibility index (Phi) is 6.87. The zero-order valence-corrected chi connectivity index (χ0v) is 19.0. The van der Waals surface area contributed by atoms with Gasteiger partial charge >= 0.3 is 5.56 Å². The minimum atomic E-state index is -3.57. The monoisotopic (exact) mass is 506 g/mol. The van der Waals surface area contributed by atoms with Gasteiger partial charge in [0.25, 0.3) is 0 Å². The fourth-order valence-electron chi connectivity index (χ4n) is 4.05. The molecule has 0 spiro atoms. The van der Waals surface area contributed by atoms with Crippen LogP contribution < -0.4 is 15.2 Å². The molecule has 4 rings (SSSR count). The van der Waals surface area contributed by atoms with Gasteiger partial charge in [0.05, 0.1) is 11.9 Å². The van der Waals surface area contributed by atoms with Crippen molar-refractivity contribution < 1.29 is 26.3 Å². The van der Waals surface area contributed by atoms with Crippen molar-refractivity contribution in [2.45, 2.75) is 31.5 Å². The highest BCUT2D eigenvalue weighted by molar-refractivity contribution is 7.90. The van der Waals surface area contributed by atoms with E-state index < -0.39 is 44.7 Å². The van der Waals surface area contributed by atoms with Crippen molar-refractivity contribution in [1.82, 2.24) is 14.1 Å². The van der Waals surface area contributed by atoms with Crippen LogP contribution in [0.3, 0.4) is 0 Å². The summed E-state index contributed by atoms with van der Waals surface area (Å²) in [6, 6.07) is 2.60. The fourth-order valence-corrected chi connectivity index (χ4v) is 5.32. The van der Waals surface area contributed by atoms with E-state index in [0.29, 0.717) is 24.6 Å². The normalized spacial score (nSPS) is 22.0. The topological polar surface area (TPSA) is 84.7 Å². The van der Waals surface area contributed by atoms with E-state index in [1.54, 1.807) is 4.90 Å². The predicted octanol–water partition coefficient (Wildman–Crippen LogP) is 2.43. The number of ether oxygens (including phenoxy) is 1. The highest BCUT2D eigenvalue weighted by atomic mass is 35.5. The van der Waals surface area contributed by atoms with Gasteiger partial charge in [0.2, 0.25) is 15.8 Å². The van der Waals surface area contributed by atoms with Gasteiger partial charge in [-0.1, -0.05) is 0 Å². The molecule has 0 amide bonds. The lowest BCUT2D eigenvalue weighted by Crippen LogP contribution is -2.49. The lowest BCUT2D eigenvalue weighted by molar-refractivity contribution is 0.193. The van der Waals surface area contributed by atoms with Gasteiger partial charge in [-0.3, -0.25) is 4.79 Å². The number of rotatable bonds is 6. The maximum absolute atomic E-state index is 13.7. The first-order chi connectivity index (χ1) is 15.7. The summed E-state index contributed by atoms with van der Waals surface area (Å²) in [4.78, 5) is 15.0. The van der Waals surface area contributed by atoms with Crippen LogP contribution in [-0.2, 0) is 10.0 Å². The molecule has 2 fully saturated rings. The van der Waals surface area contributed by atoms with Crippen LogP contribution in [0.25, 0.3) is 5.69 Å². The van der Waals surface area contributed by atoms with E-state index in [9.17, 15) is 26.4 Å². The summed E-state index contributed by atoms with van der Waals surface area (Å²) < 4.78 is 73.2. The second-order valence-corrected chi connectivity index (χ2v) is 10.5. The third-order valence-corrected chi connectivity index (χ3v) is 7.98. The number of benzene rings is 1. The van der Waals surface area contributed by atoms with Crippen molar-refractivity contribution in [2.24, 2.45) is 0 Å². The Morgan fingerprint density at radius 1 is 1.09 bits per heavy atom. The van der Waals surface area contributed by atoms with E-state index in [4.69, 9.17) is 16.3 Å². The molecule has 1 saturated carbocycles. The standard InChI is InChI=1S/C20H22ClF3N4O4S/c21-12-33(30,31)27-5-3-26(4-6-27)18-11-25-28(16-8-14(23)7-15(24)9-16)20(29)19(18)32-17-2-1-13(22)10-17/h7-9,11,13,17H,1-6,10,12H2. The van der Waals surface area contributed by atoms with Gasteiger partial charge < -0.3 is 9.64 Å². The van der Waals surface area contributed by atoms with E-state index in [2.05, 4.69) is 5.10 Å². The zero-order valence-electron chi connectivity index (χ0n) is 17.5. The first kappa shape index (κ1) is 23.8. The smallest absolute Gasteiger partial charge is 0.316 e. The summed E-state index contributed by atoms with van der Waals surface area (Å²) in [6.07, 6.45) is 0.598. The molecular weight excluding hydrogens is 485 g/mol. The third-order valence-electron chi connectivity index (χ3n) is 5.72. The maximum atomic E-state index is 13.7. The molecule has 1 aromatic carbocycles. The number of hydrogen-bond acceptors (Lipinski definition) is 6. The average molecular weight is 507 g/mol. The molecule has 2 aliphatic rings. The Balaban J connectivity index is 1.69. The van der Waals surface area contributed by atoms with E-state index in [1.807, 2.05) is 0 Å². The Hall–Kier alpha value is -2.31. The molecular formula is C20H22ClF3N4O4S. The first-order valence-electron chi connectivity index (χ1n) is 10.4. The van der Waals surface area contributed by atoms with Crippen LogP contribution in [0.1, 0.15) is 19.3 Å². The molecule has 8 nitrogen and oxygen atoms in total. The zero-order chi connectivity index (χ0) is 23.8. The van der Waals surface area contributed by atoms with Crippen molar-refractivity contribution in [3.63, 3.8) is 0 Å². The maximum Gasteiger partial charge on any atom is 0.316 e. The van der Waals surface area contributed by atoms with Crippen molar-refractivity contribution in [2.75, 3.05) is 36.3 Å². The summed E-state index contributed by atoms with van der Waals surface area (Å²) in [6.45, 7) is 0.760. The number of sulfonamides is 1. The second kappa shape index (κ2) is 9.51. The fraction of sp³-hybridized carbons (Fsp3) is 0.500. The van der Waals surface area contributed by atoms with Gasteiger partial charge in [0.15, 0.2) is 0 Å². The van der Waals surface area contributed by atoms with Crippen molar-refractivity contribution in [3.8, 4) is 11.4 Å². The summed E-state index contributed by atoms with van der Waals surface area (Å²) in [5, 5.41) is 3.53. The number of anilines is 1. The van der Waals surface area contributed by atoms with E-state index in [1.165, 1.54) is 10.5 Å². The van der Waals surface area contributed by atoms with E-state index >= 15 is 0 Å². The van der Waals surface area contributed by atoms with E-state index in [-0.39, 0.29) is 44.0 Å². The Morgan fingerprint density at radius 3 is 2.33 bits per heavy atom. The van der Waals surface area contributed by atoms with E-state index in [0.717, 1.165) is 16.8 Å². The summed E-state index contributed by atoms with van der Waals surface area (Å²) in [5.41, 5.74) is -0.573. The highest BCUT2D eigenvalue weighted by Gasteiger charge is 2.31. The van der Waals surface area contributed by atoms with Gasteiger partial charge in [-0.15, -0.1) is 11.6 Å². The quantitative estimate of drug-likeness (QED) is 0.560. The molecule has 1 aliphatic heterocycles. The van der Waals surface area contributed by atoms with Gasteiger partial charge in [0.1, 0.15) is 34.8 Å². The largest absolute Gasteiger partial charge is 0.483 e. The highest BCUT2D eigenvalue weighted by Crippen LogP contribution is 2.31. The third kappa shape index (κ3) is 5.12. The molecule has 1 aliphatic carbocycles. The lowest BCUT2D eigenvalue weighted by Gasteiger charge is -2.35. The lowest BCUT2D eigenvalue weighted by atomic mass is 10.2. The number of aromatic nitrogens is 2. The first-order valence-corrected chi connectivity index (χ1v) is 12.5. The minimum Gasteiger partial charge on any atom is -0.483 e. The molecule has 0 radical (unpaired) electrons. The molecule has 2 aromatic rings. The van der Waals surface area contributed by atoms with Crippen LogP contribution in [0, 0.1) is 11.6 Å². The van der Waals surface area contributed by atoms with Crippen molar-refractivity contribution >= 4 is 27.3 Å². The number of piperazine rings is 1. The summed E-state index contributed by atoms with van der Waals surface area (Å²) in [7, 11) is -3.57. The molecule has 1 saturated heterocycles. The summed E-state index contributed by atoms with van der Waals surface area (Å²) in [5.74, 6) is -1.88. The van der Waals surface area contributed by atoms with Crippen LogP contribution >= 0.6 is 11.6 Å². The second-order valence-electron chi connectivity index (χ2n) is 7.96.